The molecule has 1 amide bonds. The maximum absolute atomic E-state index is 14.6. The smallest absolute Gasteiger partial charge is 0.323 e. The van der Waals surface area contributed by atoms with Gasteiger partial charge in [0.15, 0.2) is 0 Å². The van der Waals surface area contributed by atoms with Gasteiger partial charge in [-0.15, -0.1) is 0 Å². The molecule has 0 aromatic heterocycles. The molecule has 2 heterocycles. The molecule has 0 aliphatic carbocycles. The van der Waals surface area contributed by atoms with Gasteiger partial charge in [-0.05, 0) is 38.4 Å². The maximum atomic E-state index is 14.6. The topological polar surface area (TPSA) is 71.4 Å². The third-order valence-corrected chi connectivity index (χ3v) is 6.36. The van der Waals surface area contributed by atoms with Crippen molar-refractivity contribution in [3.05, 3.63) is 65.5 Å². The Kier molecular flexibility index (Phi) is 7.57. The number of carbonyl (C=O) groups excluding carboxylic acids is 2. The Morgan fingerprint density at radius 3 is 2.65 bits per heavy atom. The molecular formula is C26H30FN3O4. The van der Waals surface area contributed by atoms with Gasteiger partial charge in [-0.2, -0.15) is 5.10 Å². The number of hydrogen-bond acceptors (Lipinski definition) is 6. The zero-order valence-corrected chi connectivity index (χ0v) is 19.6. The lowest BCUT2D eigenvalue weighted by Gasteiger charge is -2.34. The van der Waals surface area contributed by atoms with Gasteiger partial charge in [0.2, 0.25) is 0 Å². The van der Waals surface area contributed by atoms with E-state index < -0.39 is 12.1 Å². The molecule has 2 atom stereocenters. The van der Waals surface area contributed by atoms with Crippen LogP contribution in [0, 0.1) is 5.82 Å². The number of benzene rings is 2. The number of piperidine rings is 1. The normalized spacial score (nSPS) is 20.7. The number of methoxy groups -OCH3 is 1. The van der Waals surface area contributed by atoms with Gasteiger partial charge in [-0.1, -0.05) is 42.8 Å². The van der Waals surface area contributed by atoms with Crippen molar-refractivity contribution in [2.45, 2.75) is 44.7 Å². The van der Waals surface area contributed by atoms with Crippen LogP contribution in [0.2, 0.25) is 0 Å². The van der Waals surface area contributed by atoms with E-state index in [2.05, 4.69) is 5.10 Å². The minimum Gasteiger partial charge on any atom is -0.496 e. The first kappa shape index (κ1) is 23.9. The number of hydrazone groups is 1. The molecule has 1 saturated heterocycles. The molecule has 8 heteroatoms. The van der Waals surface area contributed by atoms with E-state index in [4.69, 9.17) is 9.47 Å². The van der Waals surface area contributed by atoms with Gasteiger partial charge in [-0.3, -0.25) is 14.5 Å². The number of likely N-dealkylation sites (tertiary alicyclic amines) is 1. The first-order valence-electron chi connectivity index (χ1n) is 11.7. The van der Waals surface area contributed by atoms with E-state index in [1.54, 1.807) is 32.2 Å². The van der Waals surface area contributed by atoms with Crippen molar-refractivity contribution >= 4 is 17.6 Å². The molecule has 4 rings (SSSR count). The van der Waals surface area contributed by atoms with Crippen LogP contribution in [0.25, 0.3) is 0 Å². The summed E-state index contributed by atoms with van der Waals surface area (Å²) in [6.45, 7) is 2.74. The fourth-order valence-corrected chi connectivity index (χ4v) is 4.71. The molecule has 0 saturated carbocycles. The Hall–Kier alpha value is -3.26. The lowest BCUT2D eigenvalue weighted by atomic mass is 9.97. The average Bonchev–Trinajstić information content (AvgIpc) is 3.30. The molecule has 2 aromatic carbocycles. The molecule has 0 N–H and O–H groups in total. The van der Waals surface area contributed by atoms with Crippen LogP contribution in [-0.4, -0.2) is 60.3 Å². The summed E-state index contributed by atoms with van der Waals surface area (Å²) in [5.41, 5.74) is 1.68. The standard InChI is InChI=1S/C26H30FN3O4/c1-3-34-26(32)22-13-8-9-15-29(22)17-25(31)30-23(19-11-5-7-14-24(19)33-2)16-21(28-30)18-10-4-6-12-20(18)27/h4-7,10-12,14,22-23H,3,8-9,13,15-17H2,1-2H3/t22-,23+/m0/s1. The zero-order chi connectivity index (χ0) is 24.1. The van der Waals surface area contributed by atoms with Crippen LogP contribution in [0.5, 0.6) is 5.75 Å². The highest BCUT2D eigenvalue weighted by atomic mass is 19.1. The molecule has 1 fully saturated rings. The van der Waals surface area contributed by atoms with Crippen LogP contribution in [-0.2, 0) is 14.3 Å². The van der Waals surface area contributed by atoms with E-state index in [1.165, 1.54) is 11.1 Å². The molecule has 180 valence electrons. The fourth-order valence-electron chi connectivity index (χ4n) is 4.71. The number of amides is 1. The van der Waals surface area contributed by atoms with Gasteiger partial charge >= 0.3 is 5.97 Å². The highest BCUT2D eigenvalue weighted by Crippen LogP contribution is 2.38. The minimum absolute atomic E-state index is 0.0309. The van der Waals surface area contributed by atoms with E-state index >= 15 is 0 Å². The SMILES string of the molecule is CCOC(=O)[C@@H]1CCCCN1CC(=O)N1N=C(c2ccccc2F)C[C@@H]1c1ccccc1OC. The quantitative estimate of drug-likeness (QED) is 0.577. The maximum Gasteiger partial charge on any atom is 0.323 e. The summed E-state index contributed by atoms with van der Waals surface area (Å²) in [6, 6.07) is 13.0. The third kappa shape index (κ3) is 4.97. The number of rotatable bonds is 7. The number of hydrogen-bond donors (Lipinski definition) is 0. The molecule has 2 aliphatic rings. The van der Waals surface area contributed by atoms with Crippen molar-refractivity contribution in [2.24, 2.45) is 5.10 Å². The summed E-state index contributed by atoms with van der Waals surface area (Å²) in [5.74, 6) is -0.294. The molecule has 2 aromatic rings. The predicted octanol–water partition coefficient (Wildman–Crippen LogP) is 3.93. The van der Waals surface area contributed by atoms with Crippen molar-refractivity contribution in [3.8, 4) is 5.75 Å². The van der Waals surface area contributed by atoms with Crippen LogP contribution in [0.4, 0.5) is 4.39 Å². The Morgan fingerprint density at radius 2 is 1.88 bits per heavy atom. The van der Waals surface area contributed by atoms with Crippen molar-refractivity contribution in [1.29, 1.82) is 0 Å². The third-order valence-electron chi connectivity index (χ3n) is 6.36. The first-order valence-corrected chi connectivity index (χ1v) is 11.7. The van der Waals surface area contributed by atoms with Crippen LogP contribution < -0.4 is 4.74 Å². The second kappa shape index (κ2) is 10.8. The highest BCUT2D eigenvalue weighted by molar-refractivity contribution is 6.03. The van der Waals surface area contributed by atoms with Crippen molar-refractivity contribution in [1.82, 2.24) is 9.91 Å². The second-order valence-electron chi connectivity index (χ2n) is 8.46. The average molecular weight is 468 g/mol. The summed E-state index contributed by atoms with van der Waals surface area (Å²) in [5, 5.41) is 6.01. The van der Waals surface area contributed by atoms with Gasteiger partial charge < -0.3 is 9.47 Å². The number of carbonyl (C=O) groups is 2. The number of esters is 1. The molecule has 0 bridgehead atoms. The van der Waals surface area contributed by atoms with Crippen molar-refractivity contribution < 1.29 is 23.5 Å². The van der Waals surface area contributed by atoms with E-state index in [0.717, 1.165) is 18.4 Å². The largest absolute Gasteiger partial charge is 0.496 e. The first-order chi connectivity index (χ1) is 16.5. The molecule has 0 unspecified atom stereocenters. The summed E-state index contributed by atoms with van der Waals surface area (Å²) < 4.78 is 25.3. The monoisotopic (exact) mass is 467 g/mol. The molecule has 7 nitrogen and oxygen atoms in total. The van der Waals surface area contributed by atoms with Crippen LogP contribution >= 0.6 is 0 Å². The van der Waals surface area contributed by atoms with Crippen molar-refractivity contribution in [2.75, 3.05) is 26.8 Å². The van der Waals surface area contributed by atoms with Crippen molar-refractivity contribution in [3.63, 3.8) is 0 Å². The van der Waals surface area contributed by atoms with Gasteiger partial charge in [0, 0.05) is 17.5 Å². The number of ether oxygens (including phenoxy) is 2. The van der Waals surface area contributed by atoms with Gasteiger partial charge in [0.25, 0.3) is 5.91 Å². The summed E-state index contributed by atoms with van der Waals surface area (Å²) in [6.07, 6.45) is 2.83. The van der Waals surface area contributed by atoms with E-state index in [0.29, 0.717) is 43.0 Å². The van der Waals surface area contributed by atoms with Gasteiger partial charge in [0.05, 0.1) is 32.0 Å². The second-order valence-corrected chi connectivity index (χ2v) is 8.46. The minimum atomic E-state index is -0.444. The van der Waals surface area contributed by atoms with Crippen LogP contribution in [0.15, 0.2) is 53.6 Å². The van der Waals surface area contributed by atoms with E-state index in [-0.39, 0.29) is 24.2 Å². The molecule has 0 radical (unpaired) electrons. The number of halogens is 1. The molecule has 0 spiro atoms. The summed E-state index contributed by atoms with van der Waals surface area (Å²) in [4.78, 5) is 27.9. The van der Waals surface area contributed by atoms with Crippen LogP contribution in [0.1, 0.15) is 49.8 Å². The number of nitrogens with zero attached hydrogens (tertiary/aromatic N) is 3. The Morgan fingerprint density at radius 1 is 1.12 bits per heavy atom. The molecule has 34 heavy (non-hydrogen) atoms. The van der Waals surface area contributed by atoms with Gasteiger partial charge in [-0.25, -0.2) is 9.40 Å². The van der Waals surface area contributed by atoms with Gasteiger partial charge in [0.1, 0.15) is 17.6 Å². The Labute approximate surface area is 199 Å². The fraction of sp³-hybridized carbons (Fsp3) is 0.423. The summed E-state index contributed by atoms with van der Waals surface area (Å²) in [7, 11) is 1.58. The molecular weight excluding hydrogens is 437 g/mol. The Bertz CT molecular complexity index is 1070. The summed E-state index contributed by atoms with van der Waals surface area (Å²) >= 11 is 0. The number of para-hydroxylation sites is 1. The van der Waals surface area contributed by atoms with E-state index in [1.807, 2.05) is 29.2 Å². The lowest BCUT2D eigenvalue weighted by Crippen LogP contribution is -2.49. The Balaban J connectivity index is 1.64. The highest BCUT2D eigenvalue weighted by Gasteiger charge is 2.38. The molecule has 2 aliphatic heterocycles. The predicted molar refractivity (Wildman–Crippen MR) is 126 cm³/mol. The van der Waals surface area contributed by atoms with Crippen LogP contribution in [0.3, 0.4) is 0 Å². The lowest BCUT2D eigenvalue weighted by molar-refractivity contribution is -0.152. The van der Waals surface area contributed by atoms with E-state index in [9.17, 15) is 14.0 Å². The zero-order valence-electron chi connectivity index (χ0n) is 19.6.